The first kappa shape index (κ1) is 11.5. The summed E-state index contributed by atoms with van der Waals surface area (Å²) in [4.78, 5) is 16.4. The fraction of sp³-hybridized carbons (Fsp3) is 0.0667. The molecule has 0 aliphatic rings. The maximum Gasteiger partial charge on any atom is 0.256 e. The fourth-order valence-corrected chi connectivity index (χ4v) is 1.89. The molecule has 19 heavy (non-hydrogen) atoms. The number of amides is 1. The molecule has 0 radical (unpaired) electrons. The Morgan fingerprint density at radius 2 is 1.95 bits per heavy atom. The third-order valence-electron chi connectivity index (χ3n) is 2.92. The van der Waals surface area contributed by atoms with Crippen molar-refractivity contribution in [1.82, 2.24) is 9.38 Å². The van der Waals surface area contributed by atoms with Crippen LogP contribution in [0.15, 0.2) is 54.9 Å². The molecule has 3 rings (SSSR count). The third-order valence-corrected chi connectivity index (χ3v) is 2.92. The Morgan fingerprint density at radius 1 is 1.16 bits per heavy atom. The van der Waals surface area contributed by atoms with Crippen molar-refractivity contribution in [3.8, 4) is 0 Å². The molecule has 2 aromatic heterocycles. The molecule has 0 aliphatic carbocycles. The Kier molecular flexibility index (Phi) is 2.76. The standard InChI is InChI=1S/C15H13N3O/c1-11-5-7-12(8-6-11)15(19)17-13-10-18-9-3-2-4-14(18)16-13/h2-10H,1H3,(H,17,19). The summed E-state index contributed by atoms with van der Waals surface area (Å²) in [5, 5.41) is 2.80. The zero-order chi connectivity index (χ0) is 13.2. The molecule has 0 aliphatic heterocycles. The highest BCUT2D eigenvalue weighted by Crippen LogP contribution is 2.11. The molecule has 2 heterocycles. The predicted octanol–water partition coefficient (Wildman–Crippen LogP) is 2.90. The van der Waals surface area contributed by atoms with Crippen LogP contribution in [0.2, 0.25) is 0 Å². The average Bonchev–Trinajstić information content (AvgIpc) is 2.81. The van der Waals surface area contributed by atoms with Crippen LogP contribution in [0.3, 0.4) is 0 Å². The Bertz CT molecular complexity index is 695. The Balaban J connectivity index is 1.84. The highest BCUT2D eigenvalue weighted by atomic mass is 16.1. The van der Waals surface area contributed by atoms with Crippen molar-refractivity contribution in [3.63, 3.8) is 0 Å². The van der Waals surface area contributed by atoms with Gasteiger partial charge >= 0.3 is 0 Å². The molecule has 0 unspecified atom stereocenters. The maximum absolute atomic E-state index is 12.0. The van der Waals surface area contributed by atoms with Crippen molar-refractivity contribution in [2.24, 2.45) is 0 Å². The number of aryl methyl sites for hydroxylation is 1. The normalized spacial score (nSPS) is 10.6. The molecule has 0 fully saturated rings. The van der Waals surface area contributed by atoms with Gasteiger partial charge in [0.05, 0.1) is 6.20 Å². The van der Waals surface area contributed by atoms with Gasteiger partial charge in [0.2, 0.25) is 0 Å². The number of carbonyl (C=O) groups excluding carboxylic acids is 1. The van der Waals surface area contributed by atoms with E-state index in [2.05, 4.69) is 10.3 Å². The summed E-state index contributed by atoms with van der Waals surface area (Å²) in [7, 11) is 0. The van der Waals surface area contributed by atoms with Crippen molar-refractivity contribution in [2.75, 3.05) is 5.32 Å². The summed E-state index contributed by atoms with van der Waals surface area (Å²) >= 11 is 0. The number of pyridine rings is 1. The van der Waals surface area contributed by atoms with Gasteiger partial charge in [-0.15, -0.1) is 0 Å². The van der Waals surface area contributed by atoms with Gasteiger partial charge in [0.25, 0.3) is 5.91 Å². The lowest BCUT2D eigenvalue weighted by atomic mass is 10.1. The number of nitrogens with zero attached hydrogens (tertiary/aromatic N) is 2. The van der Waals surface area contributed by atoms with Crippen LogP contribution in [0, 0.1) is 6.92 Å². The molecular formula is C15H13N3O. The van der Waals surface area contributed by atoms with Gasteiger partial charge in [0, 0.05) is 11.8 Å². The van der Waals surface area contributed by atoms with E-state index in [0.717, 1.165) is 11.2 Å². The molecule has 4 nitrogen and oxygen atoms in total. The minimum absolute atomic E-state index is 0.150. The van der Waals surface area contributed by atoms with Crippen molar-refractivity contribution >= 4 is 17.4 Å². The van der Waals surface area contributed by atoms with Crippen LogP contribution in [0.1, 0.15) is 15.9 Å². The number of anilines is 1. The van der Waals surface area contributed by atoms with Gasteiger partial charge in [0.1, 0.15) is 5.65 Å². The van der Waals surface area contributed by atoms with E-state index in [1.807, 2.05) is 47.9 Å². The second-order valence-corrected chi connectivity index (χ2v) is 4.41. The summed E-state index contributed by atoms with van der Waals surface area (Å²) in [6.07, 6.45) is 3.69. The average molecular weight is 251 g/mol. The number of aromatic nitrogens is 2. The van der Waals surface area contributed by atoms with Crippen LogP contribution in [-0.2, 0) is 0 Å². The van der Waals surface area contributed by atoms with E-state index in [4.69, 9.17) is 0 Å². The van der Waals surface area contributed by atoms with Gasteiger partial charge in [-0.3, -0.25) is 4.79 Å². The molecule has 94 valence electrons. The number of rotatable bonds is 2. The Morgan fingerprint density at radius 3 is 2.68 bits per heavy atom. The van der Waals surface area contributed by atoms with E-state index in [-0.39, 0.29) is 5.91 Å². The van der Waals surface area contributed by atoms with Gasteiger partial charge in [-0.25, -0.2) is 4.98 Å². The van der Waals surface area contributed by atoms with Crippen LogP contribution in [0.5, 0.6) is 0 Å². The molecule has 1 aromatic carbocycles. The summed E-state index contributed by atoms with van der Waals surface area (Å²) < 4.78 is 1.87. The first-order valence-electron chi connectivity index (χ1n) is 6.04. The minimum Gasteiger partial charge on any atom is -0.305 e. The maximum atomic E-state index is 12.0. The quantitative estimate of drug-likeness (QED) is 0.761. The topological polar surface area (TPSA) is 46.4 Å². The molecule has 0 spiro atoms. The van der Waals surface area contributed by atoms with E-state index in [1.54, 1.807) is 18.3 Å². The number of hydrogen-bond donors (Lipinski definition) is 1. The smallest absolute Gasteiger partial charge is 0.256 e. The number of fused-ring (bicyclic) bond motifs is 1. The van der Waals surface area contributed by atoms with E-state index in [9.17, 15) is 4.79 Å². The summed E-state index contributed by atoms with van der Waals surface area (Å²) in [5.74, 6) is 0.403. The lowest BCUT2D eigenvalue weighted by Crippen LogP contribution is -2.11. The van der Waals surface area contributed by atoms with Crippen LogP contribution < -0.4 is 5.32 Å². The zero-order valence-corrected chi connectivity index (χ0v) is 10.5. The van der Waals surface area contributed by atoms with Crippen LogP contribution >= 0.6 is 0 Å². The van der Waals surface area contributed by atoms with Crippen molar-refractivity contribution < 1.29 is 4.79 Å². The number of imidazole rings is 1. The summed E-state index contributed by atoms with van der Waals surface area (Å²) in [5.41, 5.74) is 2.56. The van der Waals surface area contributed by atoms with Gasteiger partial charge < -0.3 is 9.72 Å². The number of benzene rings is 1. The van der Waals surface area contributed by atoms with Gasteiger partial charge in [-0.05, 0) is 31.2 Å². The van der Waals surface area contributed by atoms with Crippen molar-refractivity contribution in [1.29, 1.82) is 0 Å². The SMILES string of the molecule is Cc1ccc(C(=O)Nc2cn3ccccc3n2)cc1. The minimum atomic E-state index is -0.150. The molecule has 4 heteroatoms. The molecule has 0 atom stereocenters. The number of hydrogen-bond acceptors (Lipinski definition) is 2. The molecule has 1 N–H and O–H groups in total. The van der Waals surface area contributed by atoms with Crippen LogP contribution in [0.25, 0.3) is 5.65 Å². The number of carbonyl (C=O) groups is 1. The molecule has 0 saturated heterocycles. The molecule has 0 saturated carbocycles. The first-order valence-corrected chi connectivity index (χ1v) is 6.04. The zero-order valence-electron chi connectivity index (χ0n) is 10.5. The lowest BCUT2D eigenvalue weighted by Gasteiger charge is -2.01. The molecule has 0 bridgehead atoms. The lowest BCUT2D eigenvalue weighted by molar-refractivity contribution is 0.102. The fourth-order valence-electron chi connectivity index (χ4n) is 1.89. The second-order valence-electron chi connectivity index (χ2n) is 4.41. The van der Waals surface area contributed by atoms with E-state index >= 15 is 0 Å². The van der Waals surface area contributed by atoms with E-state index < -0.39 is 0 Å². The van der Waals surface area contributed by atoms with Gasteiger partial charge in [0.15, 0.2) is 5.82 Å². The van der Waals surface area contributed by atoms with Crippen molar-refractivity contribution in [2.45, 2.75) is 6.92 Å². The Hall–Kier alpha value is -2.62. The first-order chi connectivity index (χ1) is 9.22. The Labute approximate surface area is 110 Å². The monoisotopic (exact) mass is 251 g/mol. The number of nitrogens with one attached hydrogen (secondary N) is 1. The van der Waals surface area contributed by atoms with E-state index in [1.165, 1.54) is 0 Å². The predicted molar refractivity (Wildman–Crippen MR) is 74.3 cm³/mol. The summed E-state index contributed by atoms with van der Waals surface area (Å²) in [6, 6.07) is 13.2. The molecule has 1 amide bonds. The van der Waals surface area contributed by atoms with Crippen LogP contribution in [-0.4, -0.2) is 15.3 Å². The second kappa shape index (κ2) is 4.57. The summed E-state index contributed by atoms with van der Waals surface area (Å²) in [6.45, 7) is 1.99. The van der Waals surface area contributed by atoms with Gasteiger partial charge in [-0.2, -0.15) is 0 Å². The third kappa shape index (κ3) is 2.33. The highest BCUT2D eigenvalue weighted by Gasteiger charge is 2.08. The van der Waals surface area contributed by atoms with Gasteiger partial charge in [-0.1, -0.05) is 23.8 Å². The van der Waals surface area contributed by atoms with Crippen LogP contribution in [0.4, 0.5) is 5.82 Å². The van der Waals surface area contributed by atoms with Crippen molar-refractivity contribution in [3.05, 3.63) is 66.0 Å². The largest absolute Gasteiger partial charge is 0.305 e. The van der Waals surface area contributed by atoms with E-state index in [0.29, 0.717) is 11.4 Å². The highest BCUT2D eigenvalue weighted by molar-refractivity contribution is 6.03. The molecular weight excluding hydrogens is 238 g/mol. The molecule has 3 aromatic rings.